The Hall–Kier alpha value is -0.560. The molecule has 1 heteroatoms. The highest BCUT2D eigenvalue weighted by Gasteiger charge is 1.94. The minimum atomic E-state index is 0.943. The Labute approximate surface area is 76.1 Å². The zero-order valence-corrected chi connectivity index (χ0v) is 8.19. The Morgan fingerprint density at radius 2 is 2.27 bits per heavy atom. The largest absolute Gasteiger partial charge is 0.103 e. The second-order valence-electron chi connectivity index (χ2n) is 2.58. The quantitative estimate of drug-likeness (QED) is 0.657. The highest BCUT2D eigenvalue weighted by Crippen LogP contribution is 2.17. The minimum absolute atomic E-state index is 0.943. The predicted octanol–water partition coefficient (Wildman–Crippen LogP) is 3.49. The van der Waals surface area contributed by atoms with E-state index in [0.29, 0.717) is 0 Å². The van der Waals surface area contributed by atoms with E-state index in [1.807, 2.05) is 6.08 Å². The van der Waals surface area contributed by atoms with E-state index >= 15 is 0 Å². The standard InChI is InChI=1S/C10H11Br/c1-3-4-9-6-5-8(2)10(11)7-9/h3,5-7H,1,4H2,2H3. The van der Waals surface area contributed by atoms with Crippen molar-refractivity contribution in [3.8, 4) is 0 Å². The molecule has 0 amide bonds. The number of rotatable bonds is 2. The number of benzene rings is 1. The molecule has 0 bridgehead atoms. The lowest BCUT2D eigenvalue weighted by Gasteiger charge is -2.00. The third-order valence-corrected chi connectivity index (χ3v) is 2.47. The zero-order chi connectivity index (χ0) is 8.27. The SMILES string of the molecule is C=CCc1ccc(C)c(Br)c1. The van der Waals surface area contributed by atoms with Crippen molar-refractivity contribution in [3.63, 3.8) is 0 Å². The molecule has 0 atom stereocenters. The predicted molar refractivity (Wildman–Crippen MR) is 52.8 cm³/mol. The summed E-state index contributed by atoms with van der Waals surface area (Å²) in [6, 6.07) is 6.38. The molecule has 58 valence electrons. The van der Waals surface area contributed by atoms with Crippen LogP contribution in [0.5, 0.6) is 0 Å². The van der Waals surface area contributed by atoms with Gasteiger partial charge in [0, 0.05) is 4.47 Å². The molecule has 0 aliphatic rings. The van der Waals surface area contributed by atoms with Gasteiger partial charge >= 0.3 is 0 Å². The lowest BCUT2D eigenvalue weighted by Crippen LogP contribution is -1.82. The fourth-order valence-corrected chi connectivity index (χ4v) is 1.36. The van der Waals surface area contributed by atoms with Gasteiger partial charge in [-0.3, -0.25) is 0 Å². The van der Waals surface area contributed by atoms with E-state index < -0.39 is 0 Å². The van der Waals surface area contributed by atoms with Crippen LogP contribution >= 0.6 is 15.9 Å². The number of hydrogen-bond acceptors (Lipinski definition) is 0. The van der Waals surface area contributed by atoms with E-state index in [-0.39, 0.29) is 0 Å². The highest BCUT2D eigenvalue weighted by molar-refractivity contribution is 9.10. The van der Waals surface area contributed by atoms with Crippen molar-refractivity contribution in [1.82, 2.24) is 0 Å². The molecule has 1 rings (SSSR count). The lowest BCUT2D eigenvalue weighted by atomic mass is 10.1. The van der Waals surface area contributed by atoms with E-state index in [9.17, 15) is 0 Å². The van der Waals surface area contributed by atoms with Crippen LogP contribution < -0.4 is 0 Å². The van der Waals surface area contributed by atoms with Crippen LogP contribution in [0.2, 0.25) is 0 Å². The van der Waals surface area contributed by atoms with Crippen molar-refractivity contribution >= 4 is 15.9 Å². The van der Waals surface area contributed by atoms with Gasteiger partial charge in [-0.15, -0.1) is 6.58 Å². The zero-order valence-electron chi connectivity index (χ0n) is 6.60. The molecule has 0 radical (unpaired) electrons. The van der Waals surface area contributed by atoms with Crippen LogP contribution in [0, 0.1) is 6.92 Å². The van der Waals surface area contributed by atoms with Gasteiger partial charge in [-0.05, 0) is 30.5 Å². The third kappa shape index (κ3) is 2.19. The van der Waals surface area contributed by atoms with Crippen molar-refractivity contribution in [2.24, 2.45) is 0 Å². The average molecular weight is 211 g/mol. The molecule has 1 aromatic carbocycles. The maximum Gasteiger partial charge on any atom is 0.0207 e. The molecule has 0 unspecified atom stereocenters. The van der Waals surface area contributed by atoms with Gasteiger partial charge in [0.1, 0.15) is 0 Å². The van der Waals surface area contributed by atoms with Crippen LogP contribution in [-0.2, 0) is 6.42 Å². The summed E-state index contributed by atoms with van der Waals surface area (Å²) in [6.07, 6.45) is 2.86. The highest BCUT2D eigenvalue weighted by atomic mass is 79.9. The fraction of sp³-hybridized carbons (Fsp3) is 0.200. The van der Waals surface area contributed by atoms with Crippen molar-refractivity contribution in [2.75, 3.05) is 0 Å². The Kier molecular flexibility index (Phi) is 2.89. The van der Waals surface area contributed by atoms with Gasteiger partial charge < -0.3 is 0 Å². The second-order valence-corrected chi connectivity index (χ2v) is 3.43. The topological polar surface area (TPSA) is 0 Å². The van der Waals surface area contributed by atoms with Gasteiger partial charge in [0.15, 0.2) is 0 Å². The maximum absolute atomic E-state index is 3.69. The Bertz CT molecular complexity index is 264. The maximum atomic E-state index is 3.69. The van der Waals surface area contributed by atoms with Gasteiger partial charge in [-0.2, -0.15) is 0 Å². The second kappa shape index (κ2) is 3.72. The van der Waals surface area contributed by atoms with Gasteiger partial charge in [0.25, 0.3) is 0 Å². The van der Waals surface area contributed by atoms with Crippen molar-refractivity contribution in [2.45, 2.75) is 13.3 Å². The van der Waals surface area contributed by atoms with Gasteiger partial charge in [0.2, 0.25) is 0 Å². The first kappa shape index (κ1) is 8.54. The molecule has 0 aliphatic heterocycles. The Balaban J connectivity index is 2.95. The number of halogens is 1. The fourth-order valence-electron chi connectivity index (χ4n) is 0.930. The Morgan fingerprint density at radius 3 is 2.82 bits per heavy atom. The summed E-state index contributed by atoms with van der Waals surface area (Å²) in [5.41, 5.74) is 2.58. The summed E-state index contributed by atoms with van der Waals surface area (Å²) in [5, 5.41) is 0. The first-order valence-electron chi connectivity index (χ1n) is 3.60. The van der Waals surface area contributed by atoms with Crippen molar-refractivity contribution in [1.29, 1.82) is 0 Å². The molecule has 1 aromatic rings. The molecule has 0 nitrogen and oxygen atoms in total. The molecule has 0 spiro atoms. The molecule has 0 aromatic heterocycles. The first-order valence-corrected chi connectivity index (χ1v) is 4.39. The van der Waals surface area contributed by atoms with Gasteiger partial charge in [-0.25, -0.2) is 0 Å². The summed E-state index contributed by atoms with van der Waals surface area (Å²) >= 11 is 3.48. The van der Waals surface area contributed by atoms with Gasteiger partial charge in [0.05, 0.1) is 0 Å². The lowest BCUT2D eigenvalue weighted by molar-refractivity contribution is 1.25. The van der Waals surface area contributed by atoms with Crippen LogP contribution in [0.25, 0.3) is 0 Å². The normalized spacial score (nSPS) is 9.64. The van der Waals surface area contributed by atoms with Crippen LogP contribution in [-0.4, -0.2) is 0 Å². The molecule has 0 saturated carbocycles. The monoisotopic (exact) mass is 210 g/mol. The van der Waals surface area contributed by atoms with Crippen LogP contribution in [0.3, 0.4) is 0 Å². The summed E-state index contributed by atoms with van der Waals surface area (Å²) in [6.45, 7) is 5.78. The number of aryl methyl sites for hydroxylation is 1. The third-order valence-electron chi connectivity index (χ3n) is 1.62. The van der Waals surface area contributed by atoms with E-state index in [0.717, 1.165) is 6.42 Å². The van der Waals surface area contributed by atoms with E-state index in [1.165, 1.54) is 15.6 Å². The summed E-state index contributed by atoms with van der Waals surface area (Å²) in [7, 11) is 0. The smallest absolute Gasteiger partial charge is 0.0207 e. The minimum Gasteiger partial charge on any atom is -0.103 e. The molecular weight excluding hydrogens is 200 g/mol. The van der Waals surface area contributed by atoms with Crippen molar-refractivity contribution < 1.29 is 0 Å². The summed E-state index contributed by atoms with van der Waals surface area (Å²) < 4.78 is 1.18. The average Bonchev–Trinajstić information content (AvgIpc) is 1.98. The van der Waals surface area contributed by atoms with Crippen LogP contribution in [0.1, 0.15) is 11.1 Å². The van der Waals surface area contributed by atoms with Gasteiger partial charge in [-0.1, -0.05) is 34.1 Å². The molecule has 0 saturated heterocycles. The number of allylic oxidation sites excluding steroid dienone is 1. The molecule has 0 heterocycles. The number of hydrogen-bond donors (Lipinski definition) is 0. The van der Waals surface area contributed by atoms with E-state index in [1.54, 1.807) is 0 Å². The summed E-state index contributed by atoms with van der Waals surface area (Å²) in [5.74, 6) is 0. The molecular formula is C10H11Br. The van der Waals surface area contributed by atoms with Crippen LogP contribution in [0.15, 0.2) is 35.3 Å². The molecule has 0 aliphatic carbocycles. The summed E-state index contributed by atoms with van der Waals surface area (Å²) in [4.78, 5) is 0. The van der Waals surface area contributed by atoms with Crippen LogP contribution in [0.4, 0.5) is 0 Å². The molecule has 11 heavy (non-hydrogen) atoms. The Morgan fingerprint density at radius 1 is 1.55 bits per heavy atom. The molecule has 0 fully saturated rings. The van der Waals surface area contributed by atoms with E-state index in [2.05, 4.69) is 47.6 Å². The van der Waals surface area contributed by atoms with Crippen molar-refractivity contribution in [3.05, 3.63) is 46.5 Å². The molecule has 0 N–H and O–H groups in total. The first-order chi connectivity index (χ1) is 5.24. The van der Waals surface area contributed by atoms with E-state index in [4.69, 9.17) is 0 Å².